The van der Waals surface area contributed by atoms with E-state index in [2.05, 4.69) is 4.98 Å². The number of pyridine rings is 1. The molecule has 1 aromatic rings. The molecule has 0 aliphatic rings. The highest BCUT2D eigenvalue weighted by atomic mass is 31.2. The minimum atomic E-state index is -2.12. The van der Waals surface area contributed by atoms with Gasteiger partial charge in [-0.25, -0.2) is 0 Å². The number of aromatic nitrogens is 1. The third-order valence-electron chi connectivity index (χ3n) is 1.56. The first kappa shape index (κ1) is 12.4. The van der Waals surface area contributed by atoms with Gasteiger partial charge in [0.2, 0.25) is 0 Å². The predicted molar refractivity (Wildman–Crippen MR) is 59.4 cm³/mol. The maximum Gasteiger partial charge on any atom is 0.111 e. The standard InChI is InChI=1S/C8H12NOP.C2H6/c1-7-8(11(2,3)10)5-4-6-9-7;1-2/h4-6H,1-3H3;1-2H3. The van der Waals surface area contributed by atoms with E-state index in [9.17, 15) is 4.57 Å². The Labute approximate surface area is 80.8 Å². The second-order valence-corrected chi connectivity index (χ2v) is 6.14. The van der Waals surface area contributed by atoms with E-state index in [0.717, 1.165) is 11.0 Å². The van der Waals surface area contributed by atoms with Crippen molar-refractivity contribution in [1.82, 2.24) is 4.98 Å². The molecule has 0 unspecified atom stereocenters. The number of hydrogen-bond acceptors (Lipinski definition) is 2. The molecule has 0 saturated carbocycles. The zero-order valence-electron chi connectivity index (χ0n) is 9.03. The Bertz CT molecular complexity index is 304. The molecule has 1 aromatic heterocycles. The van der Waals surface area contributed by atoms with E-state index < -0.39 is 7.14 Å². The largest absolute Gasteiger partial charge is 0.319 e. The second kappa shape index (κ2) is 5.18. The van der Waals surface area contributed by atoms with Crippen molar-refractivity contribution >= 4 is 12.4 Å². The average Bonchev–Trinajstić information content (AvgIpc) is 2.07. The third kappa shape index (κ3) is 3.73. The van der Waals surface area contributed by atoms with Gasteiger partial charge in [-0.2, -0.15) is 0 Å². The molecule has 0 aliphatic carbocycles. The van der Waals surface area contributed by atoms with Gasteiger partial charge in [-0.05, 0) is 32.4 Å². The molecule has 1 rings (SSSR count). The molecule has 0 amide bonds. The molecular weight excluding hydrogens is 181 g/mol. The second-order valence-electron chi connectivity index (χ2n) is 2.96. The average molecular weight is 199 g/mol. The van der Waals surface area contributed by atoms with Crippen molar-refractivity contribution in [2.24, 2.45) is 0 Å². The van der Waals surface area contributed by atoms with Crippen LogP contribution >= 0.6 is 7.14 Å². The molecule has 3 heteroatoms. The fraction of sp³-hybridized carbons (Fsp3) is 0.500. The van der Waals surface area contributed by atoms with E-state index >= 15 is 0 Å². The maximum atomic E-state index is 11.6. The molecule has 74 valence electrons. The predicted octanol–water partition coefficient (Wildman–Crippen LogP) is 2.66. The SMILES string of the molecule is CC.Cc1ncccc1P(C)(C)=O. The van der Waals surface area contributed by atoms with Crippen LogP contribution < -0.4 is 5.30 Å². The van der Waals surface area contributed by atoms with Crippen molar-refractivity contribution < 1.29 is 4.57 Å². The molecule has 0 aliphatic heterocycles. The fourth-order valence-corrected chi connectivity index (χ4v) is 2.33. The van der Waals surface area contributed by atoms with E-state index in [4.69, 9.17) is 0 Å². The van der Waals surface area contributed by atoms with Gasteiger partial charge in [0.25, 0.3) is 0 Å². The summed E-state index contributed by atoms with van der Waals surface area (Å²) in [6.07, 6.45) is 1.72. The molecule has 0 atom stereocenters. The summed E-state index contributed by atoms with van der Waals surface area (Å²) < 4.78 is 11.6. The van der Waals surface area contributed by atoms with E-state index in [0.29, 0.717) is 0 Å². The summed E-state index contributed by atoms with van der Waals surface area (Å²) in [5, 5.41) is 0.889. The van der Waals surface area contributed by atoms with Crippen LogP contribution in [0.3, 0.4) is 0 Å². The van der Waals surface area contributed by atoms with Crippen molar-refractivity contribution in [2.45, 2.75) is 20.8 Å². The van der Waals surface area contributed by atoms with Crippen molar-refractivity contribution in [3.63, 3.8) is 0 Å². The topological polar surface area (TPSA) is 30.0 Å². The number of nitrogens with zero attached hydrogens (tertiary/aromatic N) is 1. The molecule has 13 heavy (non-hydrogen) atoms. The van der Waals surface area contributed by atoms with Gasteiger partial charge in [-0.3, -0.25) is 4.98 Å². The van der Waals surface area contributed by atoms with E-state index in [-0.39, 0.29) is 0 Å². The van der Waals surface area contributed by atoms with E-state index in [1.54, 1.807) is 19.5 Å². The lowest BCUT2D eigenvalue weighted by Gasteiger charge is -2.07. The summed E-state index contributed by atoms with van der Waals surface area (Å²) in [6, 6.07) is 3.70. The van der Waals surface area contributed by atoms with Crippen LogP contribution in [0.5, 0.6) is 0 Å². The smallest absolute Gasteiger partial charge is 0.111 e. The number of rotatable bonds is 1. The monoisotopic (exact) mass is 199 g/mol. The molecule has 0 N–H and O–H groups in total. The highest BCUT2D eigenvalue weighted by molar-refractivity contribution is 7.70. The van der Waals surface area contributed by atoms with Crippen LogP contribution in [0.25, 0.3) is 0 Å². The molecule has 0 fully saturated rings. The quantitative estimate of drug-likeness (QED) is 0.651. The van der Waals surface area contributed by atoms with Crippen LogP contribution in [0.2, 0.25) is 0 Å². The Morgan fingerprint density at radius 3 is 2.15 bits per heavy atom. The van der Waals surface area contributed by atoms with Crippen LogP contribution in [0.4, 0.5) is 0 Å². The molecule has 1 heterocycles. The first-order valence-electron chi connectivity index (χ1n) is 4.49. The summed E-state index contributed by atoms with van der Waals surface area (Å²) in [4.78, 5) is 4.07. The van der Waals surface area contributed by atoms with Crippen molar-refractivity contribution in [3.8, 4) is 0 Å². The van der Waals surface area contributed by atoms with Crippen LogP contribution in [-0.4, -0.2) is 18.3 Å². The Hall–Kier alpha value is -0.620. The van der Waals surface area contributed by atoms with Gasteiger partial charge in [0.05, 0.1) is 0 Å². The Kier molecular flexibility index (Phi) is 4.94. The molecule has 0 radical (unpaired) electrons. The van der Waals surface area contributed by atoms with Gasteiger partial charge in [0.1, 0.15) is 7.14 Å². The third-order valence-corrected chi connectivity index (χ3v) is 3.19. The molecular formula is C10H18NOP. The van der Waals surface area contributed by atoms with Gasteiger partial charge >= 0.3 is 0 Å². The maximum absolute atomic E-state index is 11.6. The van der Waals surface area contributed by atoms with E-state index in [1.807, 2.05) is 32.9 Å². The molecule has 2 nitrogen and oxygen atoms in total. The van der Waals surface area contributed by atoms with Gasteiger partial charge in [-0.15, -0.1) is 0 Å². The van der Waals surface area contributed by atoms with Crippen LogP contribution in [0.1, 0.15) is 19.5 Å². The minimum absolute atomic E-state index is 0.876. The van der Waals surface area contributed by atoms with Gasteiger partial charge in [0, 0.05) is 17.2 Å². The van der Waals surface area contributed by atoms with Crippen molar-refractivity contribution in [1.29, 1.82) is 0 Å². The molecule has 0 spiro atoms. The normalized spacial score (nSPS) is 10.2. The Morgan fingerprint density at radius 1 is 1.31 bits per heavy atom. The molecule has 0 bridgehead atoms. The van der Waals surface area contributed by atoms with Crippen LogP contribution in [0, 0.1) is 6.92 Å². The summed E-state index contributed by atoms with van der Waals surface area (Å²) >= 11 is 0. The van der Waals surface area contributed by atoms with Gasteiger partial charge in [0.15, 0.2) is 0 Å². The Morgan fingerprint density at radius 2 is 1.85 bits per heavy atom. The van der Waals surface area contributed by atoms with Gasteiger partial charge in [-0.1, -0.05) is 13.8 Å². The Balaban J connectivity index is 0.000000671. The van der Waals surface area contributed by atoms with Crippen molar-refractivity contribution in [3.05, 3.63) is 24.0 Å². The number of aryl methyl sites for hydroxylation is 1. The molecule has 0 saturated heterocycles. The zero-order chi connectivity index (χ0) is 10.5. The highest BCUT2D eigenvalue weighted by Crippen LogP contribution is 2.34. The lowest BCUT2D eigenvalue weighted by atomic mass is 10.4. The first-order chi connectivity index (χ1) is 6.02. The fourth-order valence-electron chi connectivity index (χ4n) is 1.04. The van der Waals surface area contributed by atoms with Crippen LogP contribution in [0.15, 0.2) is 18.3 Å². The minimum Gasteiger partial charge on any atom is -0.319 e. The van der Waals surface area contributed by atoms with E-state index in [1.165, 1.54) is 0 Å². The van der Waals surface area contributed by atoms with Crippen molar-refractivity contribution in [2.75, 3.05) is 13.3 Å². The molecule has 0 aromatic carbocycles. The lowest BCUT2D eigenvalue weighted by molar-refractivity contribution is 0.588. The summed E-state index contributed by atoms with van der Waals surface area (Å²) in [5.41, 5.74) is 0.876. The first-order valence-corrected chi connectivity index (χ1v) is 7.09. The lowest BCUT2D eigenvalue weighted by Crippen LogP contribution is -2.08. The summed E-state index contributed by atoms with van der Waals surface area (Å²) in [6.45, 7) is 9.41. The highest BCUT2D eigenvalue weighted by Gasteiger charge is 2.13. The summed E-state index contributed by atoms with van der Waals surface area (Å²) in [7, 11) is -2.12. The van der Waals surface area contributed by atoms with Crippen LogP contribution in [-0.2, 0) is 4.57 Å². The zero-order valence-corrected chi connectivity index (χ0v) is 9.93. The summed E-state index contributed by atoms with van der Waals surface area (Å²) in [5.74, 6) is 0. The van der Waals surface area contributed by atoms with Gasteiger partial charge < -0.3 is 4.57 Å². The number of hydrogen-bond donors (Lipinski definition) is 0.